The number of carbonyl (C=O) groups excluding carboxylic acids is 2. The molecule has 0 aliphatic carbocycles. The van der Waals surface area contributed by atoms with Crippen LogP contribution in [0.25, 0.3) is 0 Å². The molecule has 32 heavy (non-hydrogen) atoms. The molecule has 0 fully saturated rings. The average Bonchev–Trinajstić information content (AvgIpc) is 3.07. The van der Waals surface area contributed by atoms with Crippen molar-refractivity contribution in [3.05, 3.63) is 77.1 Å². The maximum Gasteiger partial charge on any atom is 0.290 e. The van der Waals surface area contributed by atoms with Crippen LogP contribution in [-0.2, 0) is 20.7 Å². The highest BCUT2D eigenvalue weighted by Crippen LogP contribution is 2.39. The van der Waals surface area contributed by atoms with Crippen molar-refractivity contribution in [3.8, 4) is 5.75 Å². The number of carbonyl (C=O) groups is 2. The molecule has 2 aromatic rings. The zero-order valence-corrected chi connectivity index (χ0v) is 18.8. The molecule has 170 valence electrons. The molecular formula is C26H31NO5. The molecule has 1 unspecified atom stereocenters. The second-order valence-electron chi connectivity index (χ2n) is 7.84. The van der Waals surface area contributed by atoms with Gasteiger partial charge in [-0.3, -0.25) is 9.59 Å². The summed E-state index contributed by atoms with van der Waals surface area (Å²) in [6.45, 7) is 3.52. The van der Waals surface area contributed by atoms with Crippen LogP contribution in [0.4, 0.5) is 0 Å². The maximum absolute atomic E-state index is 13.2. The Kier molecular flexibility index (Phi) is 8.45. The molecule has 1 aliphatic rings. The first-order chi connectivity index (χ1) is 15.6. The summed E-state index contributed by atoms with van der Waals surface area (Å²) in [5.74, 6) is -0.446. The number of Topliss-reactive ketones (excluding diaryl/α,β-unsaturated/α-hetero) is 1. The second-order valence-corrected chi connectivity index (χ2v) is 7.84. The van der Waals surface area contributed by atoms with Gasteiger partial charge in [-0.15, -0.1) is 0 Å². The monoisotopic (exact) mass is 437 g/mol. The van der Waals surface area contributed by atoms with Crippen LogP contribution < -0.4 is 4.74 Å². The molecule has 1 heterocycles. The molecule has 6 heteroatoms. The number of ketones is 1. The van der Waals surface area contributed by atoms with Crippen LogP contribution in [0.3, 0.4) is 0 Å². The minimum atomic E-state index is -0.622. The van der Waals surface area contributed by atoms with Crippen molar-refractivity contribution in [1.29, 1.82) is 0 Å². The quantitative estimate of drug-likeness (QED) is 0.498. The van der Waals surface area contributed by atoms with Crippen LogP contribution in [0.2, 0.25) is 0 Å². The average molecular weight is 438 g/mol. The third kappa shape index (κ3) is 5.56. The number of aryl methyl sites for hydroxylation is 1. The van der Waals surface area contributed by atoms with Gasteiger partial charge in [0, 0.05) is 26.7 Å². The maximum atomic E-state index is 13.2. The Bertz CT molecular complexity index is 936. The van der Waals surface area contributed by atoms with E-state index in [4.69, 9.17) is 9.47 Å². The summed E-state index contributed by atoms with van der Waals surface area (Å²) in [7, 11) is 1.60. The number of aliphatic hydroxyl groups is 1. The van der Waals surface area contributed by atoms with Gasteiger partial charge in [0.25, 0.3) is 5.91 Å². The third-order valence-corrected chi connectivity index (χ3v) is 5.50. The molecule has 1 aliphatic heterocycles. The first-order valence-electron chi connectivity index (χ1n) is 11.1. The summed E-state index contributed by atoms with van der Waals surface area (Å²) >= 11 is 0. The van der Waals surface area contributed by atoms with E-state index >= 15 is 0 Å². The number of methoxy groups -OCH3 is 1. The highest BCUT2D eigenvalue weighted by Gasteiger charge is 2.42. The minimum Gasteiger partial charge on any atom is -0.503 e. The molecule has 2 aromatic carbocycles. The lowest BCUT2D eigenvalue weighted by molar-refractivity contribution is -0.129. The molecule has 1 atom stereocenters. The normalized spacial score (nSPS) is 16.0. The lowest BCUT2D eigenvalue weighted by Crippen LogP contribution is -2.32. The van der Waals surface area contributed by atoms with Crippen LogP contribution in [-0.4, -0.2) is 48.6 Å². The molecular weight excluding hydrogens is 406 g/mol. The zero-order chi connectivity index (χ0) is 22.9. The Labute approximate surface area is 189 Å². The lowest BCUT2D eigenvalue weighted by Gasteiger charge is -2.27. The van der Waals surface area contributed by atoms with Gasteiger partial charge in [-0.1, -0.05) is 49.4 Å². The zero-order valence-electron chi connectivity index (χ0n) is 18.8. The highest BCUT2D eigenvalue weighted by atomic mass is 16.5. The predicted molar refractivity (Wildman–Crippen MR) is 123 cm³/mol. The van der Waals surface area contributed by atoms with Gasteiger partial charge >= 0.3 is 0 Å². The number of hydrogen-bond acceptors (Lipinski definition) is 5. The number of rotatable bonds is 12. The summed E-state index contributed by atoms with van der Waals surface area (Å²) in [4.78, 5) is 27.6. The van der Waals surface area contributed by atoms with Crippen molar-refractivity contribution in [1.82, 2.24) is 4.90 Å². The van der Waals surface area contributed by atoms with Crippen molar-refractivity contribution in [2.24, 2.45) is 0 Å². The van der Waals surface area contributed by atoms with Gasteiger partial charge in [-0.25, -0.2) is 0 Å². The minimum absolute atomic E-state index is 0.172. The summed E-state index contributed by atoms with van der Waals surface area (Å²) in [5.41, 5.74) is 1.98. The van der Waals surface area contributed by atoms with Gasteiger partial charge in [0.15, 0.2) is 11.5 Å². The van der Waals surface area contributed by atoms with E-state index in [2.05, 4.69) is 0 Å². The van der Waals surface area contributed by atoms with E-state index in [0.717, 1.165) is 23.3 Å². The fourth-order valence-corrected chi connectivity index (χ4v) is 3.90. The van der Waals surface area contributed by atoms with Crippen LogP contribution in [0.1, 0.15) is 43.4 Å². The van der Waals surface area contributed by atoms with Crippen LogP contribution in [0.5, 0.6) is 5.75 Å². The molecule has 0 spiro atoms. The molecule has 0 radical (unpaired) electrons. The van der Waals surface area contributed by atoms with Crippen LogP contribution >= 0.6 is 0 Å². The van der Waals surface area contributed by atoms with E-state index in [1.807, 2.05) is 61.5 Å². The Balaban J connectivity index is 1.85. The largest absolute Gasteiger partial charge is 0.503 e. The lowest BCUT2D eigenvalue weighted by atomic mass is 9.93. The SMILES string of the molecule is CCCOc1ccc(C2C(C(=O)CCc3ccccc3)=C(O)C(=O)N2CCCOC)cc1. The molecule has 0 bridgehead atoms. The highest BCUT2D eigenvalue weighted by molar-refractivity contribution is 6.09. The summed E-state index contributed by atoms with van der Waals surface area (Å²) < 4.78 is 10.8. The van der Waals surface area contributed by atoms with E-state index < -0.39 is 17.7 Å². The Hall–Kier alpha value is -3.12. The third-order valence-electron chi connectivity index (χ3n) is 5.50. The summed E-state index contributed by atoms with van der Waals surface area (Å²) in [5, 5.41) is 10.7. The molecule has 3 rings (SSSR count). The van der Waals surface area contributed by atoms with Gasteiger partial charge in [0.05, 0.1) is 18.2 Å². The molecule has 1 N–H and O–H groups in total. The summed E-state index contributed by atoms with van der Waals surface area (Å²) in [6.07, 6.45) is 2.28. The van der Waals surface area contributed by atoms with Crippen molar-refractivity contribution in [2.75, 3.05) is 26.9 Å². The smallest absolute Gasteiger partial charge is 0.290 e. The fourth-order valence-electron chi connectivity index (χ4n) is 3.90. The van der Waals surface area contributed by atoms with Crippen molar-refractivity contribution < 1.29 is 24.2 Å². The van der Waals surface area contributed by atoms with E-state index in [0.29, 0.717) is 32.6 Å². The molecule has 0 aromatic heterocycles. The van der Waals surface area contributed by atoms with E-state index in [-0.39, 0.29) is 17.8 Å². The fraction of sp³-hybridized carbons (Fsp3) is 0.385. The number of amides is 1. The topological polar surface area (TPSA) is 76.1 Å². The van der Waals surface area contributed by atoms with Gasteiger partial charge < -0.3 is 19.5 Å². The molecule has 0 saturated carbocycles. The molecule has 0 saturated heterocycles. The van der Waals surface area contributed by atoms with Gasteiger partial charge in [-0.2, -0.15) is 0 Å². The van der Waals surface area contributed by atoms with E-state index in [1.54, 1.807) is 12.0 Å². The number of nitrogens with zero attached hydrogens (tertiary/aromatic N) is 1. The van der Waals surface area contributed by atoms with Gasteiger partial charge in [-0.05, 0) is 42.5 Å². The first-order valence-corrected chi connectivity index (χ1v) is 11.1. The van der Waals surface area contributed by atoms with Gasteiger partial charge in [0.2, 0.25) is 0 Å². The molecule has 6 nitrogen and oxygen atoms in total. The summed E-state index contributed by atoms with van der Waals surface area (Å²) in [6, 6.07) is 16.5. The standard InChI is InChI=1S/C26H31NO5/c1-3-17-32-21-13-11-20(12-14-21)24-23(22(28)15-10-19-8-5-4-6-9-19)25(29)26(30)27(24)16-7-18-31-2/h4-6,8-9,11-14,24,29H,3,7,10,15-18H2,1-2H3. The Morgan fingerprint density at radius 2 is 1.78 bits per heavy atom. The van der Waals surface area contributed by atoms with Crippen LogP contribution in [0, 0.1) is 0 Å². The van der Waals surface area contributed by atoms with Gasteiger partial charge in [0.1, 0.15) is 5.75 Å². The number of ether oxygens (including phenoxy) is 2. The second kappa shape index (κ2) is 11.5. The number of aliphatic hydroxyl groups excluding tert-OH is 1. The first kappa shape index (κ1) is 23.5. The van der Waals surface area contributed by atoms with Crippen LogP contribution in [0.15, 0.2) is 65.9 Å². The van der Waals surface area contributed by atoms with Crippen molar-refractivity contribution in [2.45, 2.75) is 38.6 Å². The number of hydrogen-bond donors (Lipinski definition) is 1. The predicted octanol–water partition coefficient (Wildman–Crippen LogP) is 4.41. The Morgan fingerprint density at radius 1 is 1.06 bits per heavy atom. The van der Waals surface area contributed by atoms with Crippen molar-refractivity contribution >= 4 is 11.7 Å². The number of benzene rings is 2. The Morgan fingerprint density at radius 3 is 2.44 bits per heavy atom. The van der Waals surface area contributed by atoms with E-state index in [1.165, 1.54) is 0 Å². The molecule has 1 amide bonds. The van der Waals surface area contributed by atoms with Crippen molar-refractivity contribution in [3.63, 3.8) is 0 Å². The van der Waals surface area contributed by atoms with E-state index in [9.17, 15) is 14.7 Å².